The monoisotopic (exact) mass is 278 g/mol. The number of methoxy groups -OCH3 is 2. The van der Waals surface area contributed by atoms with Crippen molar-refractivity contribution in [1.82, 2.24) is 0 Å². The predicted molar refractivity (Wildman–Crippen MR) is 77.3 cm³/mol. The van der Waals surface area contributed by atoms with Crippen LogP contribution >= 0.6 is 11.3 Å². The summed E-state index contributed by atoms with van der Waals surface area (Å²) in [5.41, 5.74) is -0.487. The number of aryl methyl sites for hydroxylation is 1. The van der Waals surface area contributed by atoms with Crippen molar-refractivity contribution in [3.8, 4) is 11.5 Å². The molecule has 1 aromatic heterocycles. The summed E-state index contributed by atoms with van der Waals surface area (Å²) in [7, 11) is 3.18. The van der Waals surface area contributed by atoms with Crippen LogP contribution in [0.5, 0.6) is 11.5 Å². The molecule has 0 saturated heterocycles. The minimum Gasteiger partial charge on any atom is -0.496 e. The van der Waals surface area contributed by atoms with Crippen LogP contribution in [0.1, 0.15) is 22.2 Å². The van der Waals surface area contributed by atoms with Crippen molar-refractivity contribution in [3.05, 3.63) is 45.6 Å². The first-order valence-corrected chi connectivity index (χ1v) is 6.83. The van der Waals surface area contributed by atoms with E-state index in [-0.39, 0.29) is 0 Å². The van der Waals surface area contributed by atoms with E-state index >= 15 is 0 Å². The third-order valence-corrected chi connectivity index (χ3v) is 4.35. The predicted octanol–water partition coefficient (Wildman–Crippen LogP) is 3.33. The van der Waals surface area contributed by atoms with E-state index in [0.29, 0.717) is 17.1 Å². The molecular weight excluding hydrogens is 260 g/mol. The SMILES string of the molecule is COc1cccc(OC)c1C(C)(O)c1ccc(C)s1. The molecule has 1 N–H and O–H groups in total. The zero-order chi connectivity index (χ0) is 14.0. The third-order valence-electron chi connectivity index (χ3n) is 3.13. The van der Waals surface area contributed by atoms with Crippen LogP contribution in [-0.4, -0.2) is 19.3 Å². The van der Waals surface area contributed by atoms with Gasteiger partial charge in [0.15, 0.2) is 0 Å². The van der Waals surface area contributed by atoms with E-state index in [2.05, 4.69) is 0 Å². The van der Waals surface area contributed by atoms with Gasteiger partial charge in [0.25, 0.3) is 0 Å². The Balaban J connectivity index is 2.62. The summed E-state index contributed by atoms with van der Waals surface area (Å²) >= 11 is 1.57. The van der Waals surface area contributed by atoms with Crippen LogP contribution in [0.25, 0.3) is 0 Å². The van der Waals surface area contributed by atoms with Gasteiger partial charge in [-0.3, -0.25) is 0 Å². The van der Waals surface area contributed by atoms with E-state index in [1.807, 2.05) is 37.3 Å². The maximum absolute atomic E-state index is 10.9. The zero-order valence-electron chi connectivity index (χ0n) is 11.6. The van der Waals surface area contributed by atoms with Crippen LogP contribution in [0.2, 0.25) is 0 Å². The molecule has 0 fully saturated rings. The highest BCUT2D eigenvalue weighted by atomic mass is 32.1. The van der Waals surface area contributed by atoms with Crippen LogP contribution < -0.4 is 9.47 Å². The summed E-state index contributed by atoms with van der Waals surface area (Å²) < 4.78 is 10.7. The van der Waals surface area contributed by atoms with Crippen LogP contribution in [-0.2, 0) is 5.60 Å². The van der Waals surface area contributed by atoms with Crippen LogP contribution in [0, 0.1) is 6.92 Å². The van der Waals surface area contributed by atoms with Crippen molar-refractivity contribution < 1.29 is 14.6 Å². The van der Waals surface area contributed by atoms with Crippen molar-refractivity contribution in [3.63, 3.8) is 0 Å². The Morgan fingerprint density at radius 2 is 1.63 bits per heavy atom. The normalized spacial score (nSPS) is 13.9. The number of thiophene rings is 1. The number of hydrogen-bond donors (Lipinski definition) is 1. The minimum atomic E-state index is -1.14. The fraction of sp³-hybridized carbons (Fsp3) is 0.333. The molecule has 0 aliphatic carbocycles. The molecule has 0 bridgehead atoms. The van der Waals surface area contributed by atoms with E-state index in [9.17, 15) is 5.11 Å². The molecule has 0 amide bonds. The van der Waals surface area contributed by atoms with Crippen LogP contribution in [0.4, 0.5) is 0 Å². The van der Waals surface area contributed by atoms with Gasteiger partial charge >= 0.3 is 0 Å². The lowest BCUT2D eigenvalue weighted by atomic mass is 9.92. The van der Waals surface area contributed by atoms with E-state index < -0.39 is 5.60 Å². The standard InChI is InChI=1S/C15H18O3S/c1-10-8-9-13(19-10)15(2,16)14-11(17-3)6-5-7-12(14)18-4/h5-9,16H,1-4H3. The smallest absolute Gasteiger partial charge is 0.129 e. The van der Waals surface area contributed by atoms with Gasteiger partial charge in [0.05, 0.1) is 19.8 Å². The quantitative estimate of drug-likeness (QED) is 0.932. The molecule has 3 nitrogen and oxygen atoms in total. The molecule has 1 atom stereocenters. The van der Waals surface area contributed by atoms with Gasteiger partial charge in [-0.05, 0) is 38.1 Å². The number of rotatable bonds is 4. The number of aliphatic hydroxyl groups is 1. The Bertz CT molecular complexity index is 550. The van der Waals surface area contributed by atoms with Gasteiger partial charge in [-0.25, -0.2) is 0 Å². The molecule has 2 rings (SSSR count). The first-order chi connectivity index (χ1) is 9.00. The maximum Gasteiger partial charge on any atom is 0.129 e. The fourth-order valence-corrected chi connectivity index (χ4v) is 3.07. The highest BCUT2D eigenvalue weighted by molar-refractivity contribution is 7.12. The van der Waals surface area contributed by atoms with Gasteiger partial charge < -0.3 is 14.6 Å². The van der Waals surface area contributed by atoms with Gasteiger partial charge in [-0.2, -0.15) is 0 Å². The molecule has 0 radical (unpaired) electrons. The molecule has 4 heteroatoms. The van der Waals surface area contributed by atoms with E-state index in [1.165, 1.54) is 0 Å². The molecule has 1 aromatic carbocycles. The van der Waals surface area contributed by atoms with Gasteiger partial charge in [-0.15, -0.1) is 11.3 Å². The lowest BCUT2D eigenvalue weighted by Gasteiger charge is -2.26. The number of hydrogen-bond acceptors (Lipinski definition) is 4. The second kappa shape index (κ2) is 5.23. The highest BCUT2D eigenvalue weighted by Crippen LogP contribution is 2.43. The summed E-state index contributed by atoms with van der Waals surface area (Å²) in [5.74, 6) is 1.24. The Hall–Kier alpha value is -1.52. The van der Waals surface area contributed by atoms with Crippen molar-refractivity contribution in [2.24, 2.45) is 0 Å². The molecule has 0 spiro atoms. The molecule has 1 unspecified atom stereocenters. The summed E-state index contributed by atoms with van der Waals surface area (Å²) in [5, 5.41) is 10.9. The Kier molecular flexibility index (Phi) is 3.83. The molecule has 0 aliphatic heterocycles. The van der Waals surface area contributed by atoms with Crippen molar-refractivity contribution in [2.75, 3.05) is 14.2 Å². The molecular formula is C15H18O3S. The largest absolute Gasteiger partial charge is 0.496 e. The van der Waals surface area contributed by atoms with Gasteiger partial charge in [-0.1, -0.05) is 6.07 Å². The average molecular weight is 278 g/mol. The van der Waals surface area contributed by atoms with Crippen LogP contribution in [0.3, 0.4) is 0 Å². The zero-order valence-corrected chi connectivity index (χ0v) is 12.4. The van der Waals surface area contributed by atoms with E-state index in [1.54, 1.807) is 32.5 Å². The molecule has 102 valence electrons. The van der Waals surface area contributed by atoms with Gasteiger partial charge in [0.1, 0.15) is 17.1 Å². The second-order valence-corrected chi connectivity index (χ2v) is 5.81. The highest BCUT2D eigenvalue weighted by Gasteiger charge is 2.33. The third kappa shape index (κ3) is 2.46. The Morgan fingerprint density at radius 3 is 2.05 bits per heavy atom. The molecule has 0 saturated carbocycles. The summed E-state index contributed by atoms with van der Waals surface area (Å²) in [6.45, 7) is 3.78. The fourth-order valence-electron chi connectivity index (χ4n) is 2.15. The Morgan fingerprint density at radius 1 is 1.05 bits per heavy atom. The van der Waals surface area contributed by atoms with E-state index in [4.69, 9.17) is 9.47 Å². The molecule has 2 aromatic rings. The average Bonchev–Trinajstić information content (AvgIpc) is 2.85. The van der Waals surface area contributed by atoms with Gasteiger partial charge in [0, 0.05) is 9.75 Å². The lowest BCUT2D eigenvalue weighted by Crippen LogP contribution is -2.23. The minimum absolute atomic E-state index is 0.621. The molecule has 0 aliphatic rings. The summed E-state index contributed by atoms with van der Waals surface area (Å²) in [6, 6.07) is 9.43. The molecule has 19 heavy (non-hydrogen) atoms. The first kappa shape index (κ1) is 13.9. The number of benzene rings is 1. The van der Waals surface area contributed by atoms with Crippen molar-refractivity contribution in [2.45, 2.75) is 19.4 Å². The lowest BCUT2D eigenvalue weighted by molar-refractivity contribution is 0.0994. The summed E-state index contributed by atoms with van der Waals surface area (Å²) in [6.07, 6.45) is 0. The van der Waals surface area contributed by atoms with Gasteiger partial charge in [0.2, 0.25) is 0 Å². The Labute approximate surface area is 117 Å². The number of ether oxygens (including phenoxy) is 2. The van der Waals surface area contributed by atoms with Crippen LogP contribution in [0.15, 0.2) is 30.3 Å². The summed E-state index contributed by atoms with van der Waals surface area (Å²) in [4.78, 5) is 2.02. The van der Waals surface area contributed by atoms with E-state index in [0.717, 1.165) is 9.75 Å². The van der Waals surface area contributed by atoms with Crippen molar-refractivity contribution >= 4 is 11.3 Å². The molecule has 1 heterocycles. The second-order valence-electron chi connectivity index (χ2n) is 4.52. The topological polar surface area (TPSA) is 38.7 Å². The first-order valence-electron chi connectivity index (χ1n) is 6.01. The van der Waals surface area contributed by atoms with Crippen molar-refractivity contribution in [1.29, 1.82) is 0 Å². The maximum atomic E-state index is 10.9.